The first-order valence-electron chi connectivity index (χ1n) is 5.23. The number of carbonyl (C=O) groups is 1. The van der Waals surface area contributed by atoms with E-state index in [1.807, 2.05) is 0 Å². The highest BCUT2D eigenvalue weighted by atomic mass is 16.6. The Morgan fingerprint density at radius 3 is 2.86 bits per heavy atom. The average Bonchev–Trinajstić information content (AvgIpc) is 2.67. The quantitative estimate of drug-likeness (QED) is 0.623. The number of hydrogen-bond donors (Lipinski definition) is 1. The second-order valence-electron chi connectivity index (χ2n) is 4.06. The first kappa shape index (κ1) is 9.93. The second kappa shape index (κ2) is 3.87. The third-order valence-electron chi connectivity index (χ3n) is 3.28. The molecule has 1 heterocycles. The molecule has 2 fully saturated rings. The van der Waals surface area contributed by atoms with E-state index in [1.165, 1.54) is 20.0 Å². The molecule has 2 aliphatic rings. The lowest BCUT2D eigenvalue weighted by Gasteiger charge is -2.40. The van der Waals surface area contributed by atoms with Gasteiger partial charge in [0.2, 0.25) is 0 Å². The molecule has 80 valence electrons. The fourth-order valence-corrected chi connectivity index (χ4v) is 2.57. The highest BCUT2D eigenvalue weighted by Crippen LogP contribution is 2.35. The van der Waals surface area contributed by atoms with Crippen LogP contribution in [-0.2, 0) is 14.3 Å². The molecule has 0 aromatic carbocycles. The van der Waals surface area contributed by atoms with Crippen LogP contribution in [0.4, 0.5) is 0 Å². The Bertz CT molecular complexity index is 223. The van der Waals surface area contributed by atoms with Crippen LogP contribution in [0.15, 0.2) is 0 Å². The Kier molecular flexibility index (Phi) is 2.74. The van der Waals surface area contributed by atoms with E-state index >= 15 is 0 Å². The maximum atomic E-state index is 11.5. The maximum absolute atomic E-state index is 11.5. The Hall–Kier alpha value is -0.610. The molecule has 0 amide bonds. The van der Waals surface area contributed by atoms with Crippen LogP contribution in [-0.4, -0.2) is 37.9 Å². The largest absolute Gasteiger partial charge is 0.467 e. The number of morpholine rings is 1. The van der Waals surface area contributed by atoms with Crippen molar-refractivity contribution in [2.75, 3.05) is 20.3 Å². The molecule has 4 nitrogen and oxygen atoms in total. The molecule has 1 aliphatic heterocycles. The Morgan fingerprint density at radius 2 is 2.21 bits per heavy atom. The summed E-state index contributed by atoms with van der Waals surface area (Å²) in [6.07, 6.45) is 3.98. The van der Waals surface area contributed by atoms with Crippen LogP contribution in [0.1, 0.15) is 25.7 Å². The summed E-state index contributed by atoms with van der Waals surface area (Å²) in [7, 11) is 1.42. The van der Waals surface area contributed by atoms with Crippen LogP contribution in [0.2, 0.25) is 0 Å². The third-order valence-corrected chi connectivity index (χ3v) is 3.28. The van der Waals surface area contributed by atoms with Gasteiger partial charge in [-0.15, -0.1) is 0 Å². The lowest BCUT2D eigenvalue weighted by molar-refractivity contribution is -0.164. The molecule has 14 heavy (non-hydrogen) atoms. The predicted octanol–water partition coefficient (Wildman–Crippen LogP) is 0.461. The van der Waals surface area contributed by atoms with Gasteiger partial charge in [0.15, 0.2) is 6.10 Å². The van der Waals surface area contributed by atoms with E-state index < -0.39 is 6.10 Å². The third kappa shape index (κ3) is 1.53. The Labute approximate surface area is 84.0 Å². The maximum Gasteiger partial charge on any atom is 0.336 e. The van der Waals surface area contributed by atoms with E-state index in [0.717, 1.165) is 19.4 Å². The van der Waals surface area contributed by atoms with Crippen molar-refractivity contribution in [3.63, 3.8) is 0 Å². The molecular weight excluding hydrogens is 182 g/mol. The molecule has 0 radical (unpaired) electrons. The number of esters is 1. The highest BCUT2D eigenvalue weighted by Gasteiger charge is 2.48. The molecule has 1 atom stereocenters. The smallest absolute Gasteiger partial charge is 0.336 e. The van der Waals surface area contributed by atoms with Crippen molar-refractivity contribution in [3.05, 3.63) is 0 Å². The molecule has 1 spiro atoms. The summed E-state index contributed by atoms with van der Waals surface area (Å²) in [5.41, 5.74) is -0.134. The predicted molar refractivity (Wildman–Crippen MR) is 51.0 cm³/mol. The molecule has 0 aromatic rings. The van der Waals surface area contributed by atoms with Gasteiger partial charge in [-0.2, -0.15) is 0 Å². The minimum Gasteiger partial charge on any atom is -0.467 e. The summed E-state index contributed by atoms with van der Waals surface area (Å²) in [6, 6.07) is 0. The van der Waals surface area contributed by atoms with E-state index in [9.17, 15) is 4.79 Å². The number of nitrogens with one attached hydrogen (secondary N) is 1. The van der Waals surface area contributed by atoms with E-state index in [1.54, 1.807) is 0 Å². The Morgan fingerprint density at radius 1 is 1.50 bits per heavy atom. The number of ether oxygens (including phenoxy) is 2. The average molecular weight is 199 g/mol. The molecule has 2 rings (SSSR count). The lowest BCUT2D eigenvalue weighted by Crippen LogP contribution is -2.61. The van der Waals surface area contributed by atoms with Crippen LogP contribution in [0.3, 0.4) is 0 Å². The van der Waals surface area contributed by atoms with Crippen molar-refractivity contribution in [1.29, 1.82) is 0 Å². The molecule has 0 aromatic heterocycles. The summed E-state index contributed by atoms with van der Waals surface area (Å²) in [6.45, 7) is 1.44. The van der Waals surface area contributed by atoms with Gasteiger partial charge >= 0.3 is 5.97 Å². The SMILES string of the molecule is COC(=O)C1OCCNC12CCCC2. The van der Waals surface area contributed by atoms with E-state index in [2.05, 4.69) is 5.32 Å². The summed E-state index contributed by atoms with van der Waals surface area (Å²) in [5.74, 6) is -0.237. The van der Waals surface area contributed by atoms with Crippen molar-refractivity contribution in [2.24, 2.45) is 0 Å². The fourth-order valence-electron chi connectivity index (χ4n) is 2.57. The number of rotatable bonds is 1. The fraction of sp³-hybridized carbons (Fsp3) is 0.900. The summed E-state index contributed by atoms with van der Waals surface area (Å²) in [5, 5.41) is 3.43. The van der Waals surface area contributed by atoms with Crippen LogP contribution in [0.5, 0.6) is 0 Å². The zero-order chi connectivity index (χ0) is 10.0. The molecule has 1 unspecified atom stereocenters. The zero-order valence-electron chi connectivity index (χ0n) is 8.54. The summed E-state index contributed by atoms with van der Waals surface area (Å²) >= 11 is 0. The lowest BCUT2D eigenvalue weighted by atomic mass is 9.89. The number of methoxy groups -OCH3 is 1. The van der Waals surface area contributed by atoms with Crippen molar-refractivity contribution < 1.29 is 14.3 Å². The number of hydrogen-bond acceptors (Lipinski definition) is 4. The van der Waals surface area contributed by atoms with Crippen molar-refractivity contribution in [3.8, 4) is 0 Å². The van der Waals surface area contributed by atoms with E-state index in [4.69, 9.17) is 9.47 Å². The first-order chi connectivity index (χ1) is 6.78. The van der Waals surface area contributed by atoms with Gasteiger partial charge < -0.3 is 14.8 Å². The zero-order valence-corrected chi connectivity index (χ0v) is 8.54. The molecule has 1 saturated carbocycles. The van der Waals surface area contributed by atoms with Gasteiger partial charge in [-0.3, -0.25) is 0 Å². The molecule has 1 N–H and O–H groups in total. The van der Waals surface area contributed by atoms with Crippen LogP contribution in [0, 0.1) is 0 Å². The Balaban J connectivity index is 2.14. The minimum atomic E-state index is -0.399. The van der Waals surface area contributed by atoms with Crippen molar-refractivity contribution in [1.82, 2.24) is 5.32 Å². The van der Waals surface area contributed by atoms with Gasteiger partial charge in [0.05, 0.1) is 19.3 Å². The van der Waals surface area contributed by atoms with Gasteiger partial charge in [0.1, 0.15) is 0 Å². The van der Waals surface area contributed by atoms with Gasteiger partial charge in [-0.1, -0.05) is 12.8 Å². The van der Waals surface area contributed by atoms with Gasteiger partial charge in [-0.25, -0.2) is 4.79 Å². The van der Waals surface area contributed by atoms with Crippen molar-refractivity contribution >= 4 is 5.97 Å². The normalized spacial score (nSPS) is 30.5. The standard InChI is InChI=1S/C10H17NO3/c1-13-9(12)8-10(4-2-3-5-10)11-6-7-14-8/h8,11H,2-7H2,1H3. The molecule has 1 aliphatic carbocycles. The van der Waals surface area contributed by atoms with Crippen molar-refractivity contribution in [2.45, 2.75) is 37.3 Å². The van der Waals surface area contributed by atoms with Gasteiger partial charge in [0, 0.05) is 6.54 Å². The van der Waals surface area contributed by atoms with Crippen LogP contribution >= 0.6 is 0 Å². The molecule has 4 heteroatoms. The topological polar surface area (TPSA) is 47.6 Å². The van der Waals surface area contributed by atoms with Crippen LogP contribution in [0.25, 0.3) is 0 Å². The summed E-state index contributed by atoms with van der Waals surface area (Å²) < 4.78 is 10.3. The first-order valence-corrected chi connectivity index (χ1v) is 5.23. The van der Waals surface area contributed by atoms with Crippen LogP contribution < -0.4 is 5.32 Å². The number of carbonyl (C=O) groups excluding carboxylic acids is 1. The molecule has 1 saturated heterocycles. The summed E-state index contributed by atoms with van der Waals surface area (Å²) in [4.78, 5) is 11.5. The second-order valence-corrected chi connectivity index (χ2v) is 4.06. The van der Waals surface area contributed by atoms with Gasteiger partial charge in [0.25, 0.3) is 0 Å². The molecule has 0 bridgehead atoms. The monoisotopic (exact) mass is 199 g/mol. The minimum absolute atomic E-state index is 0.134. The van der Waals surface area contributed by atoms with Gasteiger partial charge in [-0.05, 0) is 12.8 Å². The molecular formula is C10H17NO3. The van der Waals surface area contributed by atoms with E-state index in [0.29, 0.717) is 6.61 Å². The highest BCUT2D eigenvalue weighted by molar-refractivity contribution is 5.76. The van der Waals surface area contributed by atoms with E-state index in [-0.39, 0.29) is 11.5 Å².